The Bertz CT molecular complexity index is 1070. The lowest BCUT2D eigenvalue weighted by Gasteiger charge is -2.35. The number of para-hydroxylation sites is 1. The molecule has 2 aromatic rings. The third-order valence-electron chi connectivity index (χ3n) is 5.93. The molecule has 2 aromatic carbocycles. The molecule has 0 unspecified atom stereocenters. The number of methoxy groups -OCH3 is 2. The van der Waals surface area contributed by atoms with Crippen LogP contribution < -0.4 is 14.4 Å². The SMILES string of the molecule is COc1ccc(C(=O)N2CCN(C(=O)CCC(=O)N(CCC#N)c3ccccc3)CC2)c(OC)c1. The van der Waals surface area contributed by atoms with Gasteiger partial charge in [0.05, 0.1) is 32.3 Å². The zero-order valence-electron chi connectivity index (χ0n) is 20.1. The van der Waals surface area contributed by atoms with E-state index in [9.17, 15) is 14.4 Å². The zero-order valence-corrected chi connectivity index (χ0v) is 20.1. The van der Waals surface area contributed by atoms with Crippen LogP contribution in [0.1, 0.15) is 29.6 Å². The fraction of sp³-hybridized carbons (Fsp3) is 0.385. The number of nitriles is 1. The second kappa shape index (κ2) is 12.4. The van der Waals surface area contributed by atoms with Crippen LogP contribution in [0.2, 0.25) is 0 Å². The van der Waals surface area contributed by atoms with Crippen molar-refractivity contribution in [1.82, 2.24) is 9.80 Å². The molecule has 1 fully saturated rings. The molecule has 184 valence electrons. The van der Waals surface area contributed by atoms with Crippen molar-refractivity contribution in [3.05, 3.63) is 54.1 Å². The normalized spacial score (nSPS) is 13.1. The first-order valence-electron chi connectivity index (χ1n) is 11.5. The number of hydrogen-bond acceptors (Lipinski definition) is 6. The van der Waals surface area contributed by atoms with E-state index >= 15 is 0 Å². The van der Waals surface area contributed by atoms with Crippen LogP contribution in [0.5, 0.6) is 11.5 Å². The van der Waals surface area contributed by atoms with Gasteiger partial charge in [-0.1, -0.05) is 18.2 Å². The van der Waals surface area contributed by atoms with Crippen LogP contribution in [0.15, 0.2) is 48.5 Å². The summed E-state index contributed by atoms with van der Waals surface area (Å²) in [6.45, 7) is 1.86. The Morgan fingerprint density at radius 2 is 1.63 bits per heavy atom. The second-order valence-electron chi connectivity index (χ2n) is 8.03. The number of carbonyl (C=O) groups excluding carboxylic acids is 3. The van der Waals surface area contributed by atoms with Gasteiger partial charge in [-0.05, 0) is 24.3 Å². The quantitative estimate of drug-likeness (QED) is 0.549. The topological polar surface area (TPSA) is 103 Å². The van der Waals surface area contributed by atoms with E-state index in [1.165, 1.54) is 7.11 Å². The number of amides is 3. The Hall–Kier alpha value is -4.06. The van der Waals surface area contributed by atoms with E-state index in [1.54, 1.807) is 40.0 Å². The van der Waals surface area contributed by atoms with Crippen molar-refractivity contribution >= 4 is 23.4 Å². The molecule has 1 saturated heterocycles. The number of anilines is 1. The maximum atomic E-state index is 13.0. The number of hydrogen-bond donors (Lipinski definition) is 0. The molecule has 1 heterocycles. The molecular formula is C26H30N4O5. The number of nitrogens with zero attached hydrogens (tertiary/aromatic N) is 4. The molecule has 1 aliphatic rings. The molecule has 35 heavy (non-hydrogen) atoms. The van der Waals surface area contributed by atoms with Crippen molar-refractivity contribution in [1.29, 1.82) is 5.26 Å². The molecular weight excluding hydrogens is 448 g/mol. The molecule has 0 aromatic heterocycles. The summed E-state index contributed by atoms with van der Waals surface area (Å²) in [6, 6.07) is 16.2. The lowest BCUT2D eigenvalue weighted by atomic mass is 10.1. The van der Waals surface area contributed by atoms with E-state index in [1.807, 2.05) is 30.3 Å². The molecule has 0 aliphatic carbocycles. The van der Waals surface area contributed by atoms with Crippen molar-refractivity contribution in [2.24, 2.45) is 0 Å². The summed E-state index contributed by atoms with van der Waals surface area (Å²) in [5.41, 5.74) is 1.15. The second-order valence-corrected chi connectivity index (χ2v) is 8.03. The number of piperazine rings is 1. The van der Waals surface area contributed by atoms with Crippen LogP contribution in [0, 0.1) is 11.3 Å². The van der Waals surface area contributed by atoms with Crippen LogP contribution in [-0.4, -0.2) is 74.5 Å². The molecule has 3 amide bonds. The van der Waals surface area contributed by atoms with Gasteiger partial charge < -0.3 is 24.2 Å². The summed E-state index contributed by atoms with van der Waals surface area (Å²) in [6.07, 6.45) is 0.347. The van der Waals surface area contributed by atoms with Crippen LogP contribution in [0.3, 0.4) is 0 Å². The standard InChI is InChI=1S/C26H30N4O5/c1-34-21-9-10-22(23(19-21)35-2)26(33)29-17-15-28(16-18-29)24(31)11-12-25(32)30(14-6-13-27)20-7-4-3-5-8-20/h3-5,7-10,19H,6,11-12,14-18H2,1-2H3. The molecule has 0 atom stereocenters. The lowest BCUT2D eigenvalue weighted by Crippen LogP contribution is -2.50. The first kappa shape index (κ1) is 25.6. The average molecular weight is 479 g/mol. The molecule has 3 rings (SSSR count). The summed E-state index contributed by atoms with van der Waals surface area (Å²) >= 11 is 0. The van der Waals surface area contributed by atoms with Gasteiger partial charge >= 0.3 is 0 Å². The molecule has 9 nitrogen and oxygen atoms in total. The van der Waals surface area contributed by atoms with E-state index in [4.69, 9.17) is 14.7 Å². The Kier molecular flexibility index (Phi) is 9.07. The predicted molar refractivity (Wildman–Crippen MR) is 130 cm³/mol. The molecule has 1 aliphatic heterocycles. The number of carbonyl (C=O) groups is 3. The molecule has 0 N–H and O–H groups in total. The van der Waals surface area contributed by atoms with E-state index in [0.29, 0.717) is 48.9 Å². The van der Waals surface area contributed by atoms with Crippen molar-refractivity contribution in [2.45, 2.75) is 19.3 Å². The van der Waals surface area contributed by atoms with Crippen molar-refractivity contribution in [2.75, 3.05) is 51.8 Å². The van der Waals surface area contributed by atoms with Crippen molar-refractivity contribution < 1.29 is 23.9 Å². The first-order chi connectivity index (χ1) is 17.0. The lowest BCUT2D eigenvalue weighted by molar-refractivity contribution is -0.134. The van der Waals surface area contributed by atoms with Gasteiger partial charge in [-0.15, -0.1) is 0 Å². The Morgan fingerprint density at radius 1 is 0.943 bits per heavy atom. The number of ether oxygens (including phenoxy) is 2. The van der Waals surface area contributed by atoms with Crippen LogP contribution in [-0.2, 0) is 9.59 Å². The highest BCUT2D eigenvalue weighted by molar-refractivity contribution is 5.97. The van der Waals surface area contributed by atoms with Gasteiger partial charge in [0.25, 0.3) is 5.91 Å². The molecule has 0 radical (unpaired) electrons. The third-order valence-corrected chi connectivity index (χ3v) is 5.93. The highest BCUT2D eigenvalue weighted by atomic mass is 16.5. The summed E-state index contributed by atoms with van der Waals surface area (Å²) in [4.78, 5) is 43.5. The van der Waals surface area contributed by atoms with Gasteiger partial charge in [-0.25, -0.2) is 0 Å². The average Bonchev–Trinajstić information content (AvgIpc) is 2.91. The predicted octanol–water partition coefficient (Wildman–Crippen LogP) is 2.72. The Morgan fingerprint density at radius 3 is 2.26 bits per heavy atom. The van der Waals surface area contributed by atoms with E-state index < -0.39 is 0 Å². The number of benzene rings is 2. The van der Waals surface area contributed by atoms with Gasteiger partial charge in [0, 0.05) is 57.3 Å². The first-order valence-corrected chi connectivity index (χ1v) is 11.5. The fourth-order valence-corrected chi connectivity index (χ4v) is 3.98. The Balaban J connectivity index is 1.53. The summed E-state index contributed by atoms with van der Waals surface area (Å²) in [5, 5.41) is 8.93. The smallest absolute Gasteiger partial charge is 0.257 e. The molecule has 0 spiro atoms. The highest BCUT2D eigenvalue weighted by Crippen LogP contribution is 2.26. The monoisotopic (exact) mass is 478 g/mol. The highest BCUT2D eigenvalue weighted by Gasteiger charge is 2.27. The van der Waals surface area contributed by atoms with Gasteiger partial charge in [0.15, 0.2) is 0 Å². The van der Waals surface area contributed by atoms with Crippen molar-refractivity contribution in [3.63, 3.8) is 0 Å². The molecule has 0 bridgehead atoms. The van der Waals surface area contributed by atoms with Crippen LogP contribution in [0.25, 0.3) is 0 Å². The molecule has 0 saturated carbocycles. The minimum Gasteiger partial charge on any atom is -0.497 e. The maximum Gasteiger partial charge on any atom is 0.257 e. The molecule has 9 heteroatoms. The van der Waals surface area contributed by atoms with Gasteiger partial charge in [-0.3, -0.25) is 14.4 Å². The van der Waals surface area contributed by atoms with E-state index in [0.717, 1.165) is 0 Å². The summed E-state index contributed by atoms with van der Waals surface area (Å²) in [5.74, 6) is 0.552. The fourth-order valence-electron chi connectivity index (χ4n) is 3.98. The third kappa shape index (κ3) is 6.51. The zero-order chi connectivity index (χ0) is 25.2. The van der Waals surface area contributed by atoms with Crippen LogP contribution in [0.4, 0.5) is 5.69 Å². The van der Waals surface area contributed by atoms with Crippen molar-refractivity contribution in [3.8, 4) is 17.6 Å². The summed E-state index contributed by atoms with van der Waals surface area (Å²) < 4.78 is 10.5. The number of rotatable bonds is 9. The van der Waals surface area contributed by atoms with Gasteiger partial charge in [-0.2, -0.15) is 5.26 Å². The van der Waals surface area contributed by atoms with E-state index in [-0.39, 0.29) is 43.5 Å². The minimum atomic E-state index is -0.194. The van der Waals surface area contributed by atoms with E-state index in [2.05, 4.69) is 6.07 Å². The summed E-state index contributed by atoms with van der Waals surface area (Å²) in [7, 11) is 3.05. The maximum absolute atomic E-state index is 13.0. The van der Waals surface area contributed by atoms with Gasteiger partial charge in [0.2, 0.25) is 11.8 Å². The van der Waals surface area contributed by atoms with Crippen LogP contribution >= 0.6 is 0 Å². The largest absolute Gasteiger partial charge is 0.497 e. The minimum absolute atomic E-state index is 0.0569. The Labute approximate surface area is 205 Å². The van der Waals surface area contributed by atoms with Gasteiger partial charge in [0.1, 0.15) is 11.5 Å².